The molecule has 188 valence electrons. The Bertz CT molecular complexity index is 1070. The SMILES string of the molecule is C=CC1=C(N=C)N(C(=C)C=C(C)C)/C(=C\C(C)CC)C2(CCN(Cc3cc(F)ccc3F)CC2)N1. The van der Waals surface area contributed by atoms with Crippen LogP contribution in [0.4, 0.5) is 8.78 Å². The molecule has 0 saturated carbocycles. The molecule has 2 aliphatic rings. The highest BCUT2D eigenvalue weighted by Crippen LogP contribution is 2.42. The lowest BCUT2D eigenvalue weighted by atomic mass is 9.79. The fourth-order valence-electron chi connectivity index (χ4n) is 4.81. The van der Waals surface area contributed by atoms with E-state index < -0.39 is 5.82 Å². The fraction of sp³-hybridized carbons (Fsp3) is 0.414. The summed E-state index contributed by atoms with van der Waals surface area (Å²) >= 11 is 0. The maximum absolute atomic E-state index is 14.3. The minimum absolute atomic E-state index is 0.349. The molecule has 1 fully saturated rings. The van der Waals surface area contributed by atoms with Crippen LogP contribution in [0.25, 0.3) is 0 Å². The molecule has 0 amide bonds. The van der Waals surface area contributed by atoms with Crippen LogP contribution in [0.15, 0.2) is 83.1 Å². The zero-order valence-corrected chi connectivity index (χ0v) is 21.5. The lowest BCUT2D eigenvalue weighted by Gasteiger charge is -2.51. The Kier molecular flexibility index (Phi) is 8.49. The van der Waals surface area contributed by atoms with Crippen molar-refractivity contribution < 1.29 is 8.78 Å². The molecule has 1 unspecified atom stereocenters. The Labute approximate surface area is 209 Å². The van der Waals surface area contributed by atoms with Gasteiger partial charge in [0.05, 0.1) is 11.2 Å². The van der Waals surface area contributed by atoms with E-state index in [2.05, 4.69) is 66.0 Å². The van der Waals surface area contributed by atoms with Crippen molar-refractivity contribution in [3.8, 4) is 0 Å². The Morgan fingerprint density at radius 1 is 1.26 bits per heavy atom. The summed E-state index contributed by atoms with van der Waals surface area (Å²) in [4.78, 5) is 8.66. The van der Waals surface area contributed by atoms with Crippen LogP contribution < -0.4 is 5.32 Å². The van der Waals surface area contributed by atoms with Crippen LogP contribution in [-0.4, -0.2) is 35.1 Å². The van der Waals surface area contributed by atoms with Gasteiger partial charge in [-0.3, -0.25) is 9.80 Å². The van der Waals surface area contributed by atoms with Gasteiger partial charge in [0, 0.05) is 36.6 Å². The number of nitrogens with one attached hydrogen (secondary N) is 1. The average molecular weight is 481 g/mol. The molecule has 6 heteroatoms. The molecule has 1 N–H and O–H groups in total. The van der Waals surface area contributed by atoms with Gasteiger partial charge in [-0.25, -0.2) is 13.8 Å². The molecule has 4 nitrogen and oxygen atoms in total. The second-order valence-electron chi connectivity index (χ2n) is 9.80. The topological polar surface area (TPSA) is 30.9 Å². The van der Waals surface area contributed by atoms with E-state index in [4.69, 9.17) is 0 Å². The Hall–Kier alpha value is -2.99. The Balaban J connectivity index is 2.00. The molecular weight excluding hydrogens is 442 g/mol. The van der Waals surface area contributed by atoms with Gasteiger partial charge in [-0.05, 0) is 69.7 Å². The monoisotopic (exact) mass is 480 g/mol. The molecule has 35 heavy (non-hydrogen) atoms. The van der Waals surface area contributed by atoms with Gasteiger partial charge in [0.15, 0.2) is 5.82 Å². The number of halogens is 2. The molecule has 1 saturated heterocycles. The lowest BCUT2D eigenvalue weighted by Crippen LogP contribution is -2.59. The first-order valence-corrected chi connectivity index (χ1v) is 12.3. The fourth-order valence-corrected chi connectivity index (χ4v) is 4.81. The first-order chi connectivity index (χ1) is 16.6. The van der Waals surface area contributed by atoms with E-state index in [-0.39, 0.29) is 11.4 Å². The molecule has 0 aromatic heterocycles. The zero-order chi connectivity index (χ0) is 25.8. The van der Waals surface area contributed by atoms with Crippen molar-refractivity contribution in [3.05, 3.63) is 95.3 Å². The molecule has 1 aromatic rings. The first kappa shape index (κ1) is 26.6. The Morgan fingerprint density at radius 3 is 2.51 bits per heavy atom. The molecule has 1 spiro atoms. The molecule has 3 rings (SSSR count). The number of hydrogen-bond donors (Lipinski definition) is 1. The third-order valence-corrected chi connectivity index (χ3v) is 6.85. The van der Waals surface area contributed by atoms with Crippen LogP contribution in [0, 0.1) is 17.6 Å². The predicted octanol–water partition coefficient (Wildman–Crippen LogP) is 6.67. The maximum Gasteiger partial charge on any atom is 0.160 e. The first-order valence-electron chi connectivity index (χ1n) is 12.3. The van der Waals surface area contributed by atoms with Gasteiger partial charge in [-0.1, -0.05) is 45.1 Å². The second kappa shape index (κ2) is 11.2. The summed E-state index contributed by atoms with van der Waals surface area (Å²) in [7, 11) is 0. The smallest absolute Gasteiger partial charge is 0.160 e. The van der Waals surface area contributed by atoms with E-state index in [1.165, 1.54) is 12.1 Å². The van der Waals surface area contributed by atoms with Crippen molar-refractivity contribution in [2.45, 2.75) is 59.0 Å². The number of benzene rings is 1. The van der Waals surface area contributed by atoms with Gasteiger partial charge in [-0.2, -0.15) is 0 Å². The average Bonchev–Trinajstić information content (AvgIpc) is 2.82. The summed E-state index contributed by atoms with van der Waals surface area (Å²) in [5, 5.41) is 3.74. The largest absolute Gasteiger partial charge is 0.371 e. The third-order valence-electron chi connectivity index (χ3n) is 6.85. The summed E-state index contributed by atoms with van der Waals surface area (Å²) in [5.74, 6) is 0.247. The zero-order valence-electron chi connectivity index (χ0n) is 21.5. The van der Waals surface area contributed by atoms with Crippen LogP contribution in [0.2, 0.25) is 0 Å². The van der Waals surface area contributed by atoms with E-state index >= 15 is 0 Å². The third kappa shape index (κ3) is 5.81. The van der Waals surface area contributed by atoms with Gasteiger partial charge in [0.2, 0.25) is 0 Å². The quantitative estimate of drug-likeness (QED) is 0.333. The second-order valence-corrected chi connectivity index (χ2v) is 9.80. The molecule has 0 aliphatic carbocycles. The van der Waals surface area contributed by atoms with E-state index in [9.17, 15) is 8.78 Å². The number of piperidine rings is 1. The minimum Gasteiger partial charge on any atom is -0.371 e. The highest BCUT2D eigenvalue weighted by molar-refractivity contribution is 5.46. The van der Waals surface area contributed by atoms with Gasteiger partial charge >= 0.3 is 0 Å². The van der Waals surface area contributed by atoms with Gasteiger partial charge in [0.25, 0.3) is 0 Å². The van der Waals surface area contributed by atoms with E-state index in [1.807, 2.05) is 13.8 Å². The van der Waals surface area contributed by atoms with Gasteiger partial charge in [0.1, 0.15) is 11.6 Å². The molecule has 1 aromatic carbocycles. The summed E-state index contributed by atoms with van der Waals surface area (Å²) < 4.78 is 28.0. The summed E-state index contributed by atoms with van der Waals surface area (Å²) in [6.45, 7) is 22.5. The highest BCUT2D eigenvalue weighted by atomic mass is 19.1. The molecule has 0 bridgehead atoms. The number of rotatable bonds is 8. The highest BCUT2D eigenvalue weighted by Gasteiger charge is 2.45. The molecular formula is C29H38F2N4. The molecule has 2 heterocycles. The van der Waals surface area contributed by atoms with Crippen molar-refractivity contribution in [1.29, 1.82) is 0 Å². The van der Waals surface area contributed by atoms with Crippen LogP contribution >= 0.6 is 0 Å². The summed E-state index contributed by atoms with van der Waals surface area (Å²) in [6, 6.07) is 3.65. The lowest BCUT2D eigenvalue weighted by molar-refractivity contribution is 0.134. The van der Waals surface area contributed by atoms with E-state index in [1.54, 1.807) is 6.08 Å². The Morgan fingerprint density at radius 2 is 1.94 bits per heavy atom. The standard InChI is InChI=1S/C29H38F2N4/c1-8-21(5)17-27-29(33-26(9-2)28(32-7)35(27)22(6)16-20(3)4)12-14-34(15-13-29)19-23-18-24(30)10-11-25(23)31/h9-11,16-18,21,33H,2,6-8,12-15,19H2,1,3-5H3/b27-17-. The molecule has 0 radical (unpaired) electrons. The van der Waals surface area contributed by atoms with Gasteiger partial charge in [-0.15, -0.1) is 0 Å². The summed E-state index contributed by atoms with van der Waals surface area (Å²) in [5.41, 5.74) is 3.91. The number of likely N-dealkylation sites (tertiary alicyclic amines) is 1. The van der Waals surface area contributed by atoms with Crippen LogP contribution in [0.5, 0.6) is 0 Å². The van der Waals surface area contributed by atoms with Crippen molar-refractivity contribution in [2.75, 3.05) is 13.1 Å². The van der Waals surface area contributed by atoms with Crippen LogP contribution in [-0.2, 0) is 6.54 Å². The maximum atomic E-state index is 14.3. The predicted molar refractivity (Wildman–Crippen MR) is 141 cm³/mol. The van der Waals surface area contributed by atoms with Crippen molar-refractivity contribution in [1.82, 2.24) is 15.1 Å². The van der Waals surface area contributed by atoms with Crippen molar-refractivity contribution >= 4 is 6.72 Å². The summed E-state index contributed by atoms with van der Waals surface area (Å²) in [6.07, 6.45) is 8.71. The van der Waals surface area contributed by atoms with Crippen molar-refractivity contribution in [2.24, 2.45) is 10.9 Å². The van der Waals surface area contributed by atoms with Crippen LogP contribution in [0.1, 0.15) is 52.5 Å². The van der Waals surface area contributed by atoms with Crippen molar-refractivity contribution in [3.63, 3.8) is 0 Å². The normalized spacial score (nSPS) is 19.9. The minimum atomic E-state index is -0.416. The number of hydrogen-bond acceptors (Lipinski definition) is 4. The number of nitrogens with zero attached hydrogens (tertiary/aromatic N) is 3. The van der Waals surface area contributed by atoms with Crippen LogP contribution in [0.3, 0.4) is 0 Å². The van der Waals surface area contributed by atoms with E-state index in [0.29, 0.717) is 23.8 Å². The van der Waals surface area contributed by atoms with E-state index in [0.717, 1.165) is 61.1 Å². The number of aliphatic imine (C=N–C) groups is 1. The van der Waals surface area contributed by atoms with Gasteiger partial charge < -0.3 is 5.32 Å². The molecule has 1 atom stereocenters. The molecule has 2 aliphatic heterocycles. The number of allylic oxidation sites excluding steroid dienone is 4.